The number of fused-ring (bicyclic) bond motifs is 1. The number of aromatic nitrogens is 2. The van der Waals surface area contributed by atoms with E-state index in [4.69, 9.17) is 0 Å². The Kier molecular flexibility index (Phi) is 3.72. The van der Waals surface area contributed by atoms with Gasteiger partial charge in [0.05, 0.1) is 21.4 Å². The zero-order valence-corrected chi connectivity index (χ0v) is 13.4. The normalized spacial score (nSPS) is 11.1. The highest BCUT2D eigenvalue weighted by Crippen LogP contribution is 2.24. The second kappa shape index (κ2) is 5.50. The molecule has 0 atom stereocenters. The molecule has 5 heteroatoms. The van der Waals surface area contributed by atoms with Crippen molar-refractivity contribution in [3.63, 3.8) is 0 Å². The standard InChI is InChI=1S/C15H13BrN2OS/c1-2-18-13-6-4-3-5-11(13)12(17-18)8-14(19)10-7-15(16)20-9-10/h3-7,9H,2,8H2,1H3. The Morgan fingerprint density at radius 1 is 1.40 bits per heavy atom. The predicted molar refractivity (Wildman–Crippen MR) is 85.5 cm³/mol. The van der Waals surface area contributed by atoms with Crippen LogP contribution in [0, 0.1) is 0 Å². The summed E-state index contributed by atoms with van der Waals surface area (Å²) in [6.45, 7) is 2.86. The first-order valence-corrected chi connectivity index (χ1v) is 8.08. The average Bonchev–Trinajstić information content (AvgIpc) is 3.03. The molecule has 0 amide bonds. The number of thiophene rings is 1. The highest BCUT2D eigenvalue weighted by Gasteiger charge is 2.15. The Morgan fingerprint density at radius 2 is 2.20 bits per heavy atom. The lowest BCUT2D eigenvalue weighted by atomic mass is 10.1. The van der Waals surface area contributed by atoms with Crippen molar-refractivity contribution in [2.45, 2.75) is 19.9 Å². The van der Waals surface area contributed by atoms with Gasteiger partial charge in [-0.2, -0.15) is 5.10 Å². The highest BCUT2D eigenvalue weighted by atomic mass is 79.9. The smallest absolute Gasteiger partial charge is 0.169 e. The Hall–Kier alpha value is -1.46. The van der Waals surface area contributed by atoms with E-state index in [1.54, 1.807) is 0 Å². The van der Waals surface area contributed by atoms with Crippen molar-refractivity contribution in [3.8, 4) is 0 Å². The lowest BCUT2D eigenvalue weighted by Gasteiger charge is -1.96. The molecule has 102 valence electrons. The zero-order valence-electron chi connectivity index (χ0n) is 11.0. The molecule has 2 heterocycles. The predicted octanol–water partition coefficient (Wildman–Crippen LogP) is 4.31. The fraction of sp³-hybridized carbons (Fsp3) is 0.200. The van der Waals surface area contributed by atoms with Crippen LogP contribution < -0.4 is 0 Å². The quantitative estimate of drug-likeness (QED) is 0.658. The van der Waals surface area contributed by atoms with E-state index in [1.807, 2.05) is 40.4 Å². The third kappa shape index (κ3) is 2.43. The second-order valence-corrected chi connectivity index (χ2v) is 6.81. The maximum Gasteiger partial charge on any atom is 0.169 e. The number of halogens is 1. The number of Topliss-reactive ketones (excluding diaryl/α,β-unsaturated/α-hetero) is 1. The van der Waals surface area contributed by atoms with E-state index < -0.39 is 0 Å². The molecule has 2 aromatic heterocycles. The SMILES string of the molecule is CCn1nc(CC(=O)c2csc(Br)c2)c2ccccc21. The summed E-state index contributed by atoms with van der Waals surface area (Å²) in [5.74, 6) is 0.110. The van der Waals surface area contributed by atoms with Crippen LogP contribution in [0.2, 0.25) is 0 Å². The molecule has 0 aliphatic rings. The van der Waals surface area contributed by atoms with Crippen molar-refractivity contribution in [1.29, 1.82) is 0 Å². The first kappa shape index (κ1) is 13.5. The Labute approximate surface area is 129 Å². The Balaban J connectivity index is 1.97. The van der Waals surface area contributed by atoms with Gasteiger partial charge in [0.25, 0.3) is 0 Å². The number of carbonyl (C=O) groups excluding carboxylic acids is 1. The van der Waals surface area contributed by atoms with Crippen LogP contribution in [0.1, 0.15) is 23.0 Å². The van der Waals surface area contributed by atoms with E-state index in [2.05, 4.69) is 28.0 Å². The molecular formula is C15H13BrN2OS. The van der Waals surface area contributed by atoms with Crippen LogP contribution in [0.3, 0.4) is 0 Å². The molecule has 0 radical (unpaired) electrons. The number of hydrogen-bond acceptors (Lipinski definition) is 3. The number of carbonyl (C=O) groups is 1. The van der Waals surface area contributed by atoms with Crippen LogP contribution in [0.25, 0.3) is 10.9 Å². The number of hydrogen-bond donors (Lipinski definition) is 0. The summed E-state index contributed by atoms with van der Waals surface area (Å²) in [7, 11) is 0. The zero-order chi connectivity index (χ0) is 14.1. The monoisotopic (exact) mass is 348 g/mol. The van der Waals surface area contributed by atoms with Gasteiger partial charge in [0.15, 0.2) is 5.78 Å². The minimum atomic E-state index is 0.110. The maximum atomic E-state index is 12.3. The van der Waals surface area contributed by atoms with E-state index >= 15 is 0 Å². The van der Waals surface area contributed by atoms with Crippen molar-refractivity contribution in [2.24, 2.45) is 0 Å². The number of para-hydroxylation sites is 1. The summed E-state index contributed by atoms with van der Waals surface area (Å²) in [5, 5.41) is 7.51. The number of nitrogens with zero attached hydrogens (tertiary/aromatic N) is 2. The number of benzene rings is 1. The minimum absolute atomic E-state index is 0.110. The molecule has 20 heavy (non-hydrogen) atoms. The molecule has 0 N–H and O–H groups in total. The molecule has 3 nitrogen and oxygen atoms in total. The molecule has 0 aliphatic carbocycles. The van der Waals surface area contributed by atoms with Crippen molar-refractivity contribution in [2.75, 3.05) is 0 Å². The first-order valence-electron chi connectivity index (χ1n) is 6.40. The molecule has 0 saturated carbocycles. The molecule has 0 aliphatic heterocycles. The molecule has 0 bridgehead atoms. The highest BCUT2D eigenvalue weighted by molar-refractivity contribution is 9.11. The lowest BCUT2D eigenvalue weighted by molar-refractivity contribution is 0.0992. The molecule has 0 fully saturated rings. The van der Waals surface area contributed by atoms with Crippen molar-refractivity contribution in [1.82, 2.24) is 9.78 Å². The number of ketones is 1. The van der Waals surface area contributed by atoms with E-state index in [-0.39, 0.29) is 5.78 Å². The second-order valence-electron chi connectivity index (χ2n) is 4.52. The molecule has 1 aromatic carbocycles. The molecule has 0 saturated heterocycles. The topological polar surface area (TPSA) is 34.9 Å². The molecule has 3 rings (SSSR count). The fourth-order valence-electron chi connectivity index (χ4n) is 2.28. The van der Waals surface area contributed by atoms with Gasteiger partial charge >= 0.3 is 0 Å². The van der Waals surface area contributed by atoms with Gasteiger partial charge in [-0.05, 0) is 35.0 Å². The molecular weight excluding hydrogens is 336 g/mol. The summed E-state index contributed by atoms with van der Waals surface area (Å²) in [6.07, 6.45) is 0.344. The van der Waals surface area contributed by atoms with Gasteiger partial charge < -0.3 is 0 Å². The van der Waals surface area contributed by atoms with Crippen molar-refractivity contribution < 1.29 is 4.79 Å². The third-order valence-electron chi connectivity index (χ3n) is 3.25. The molecule has 0 spiro atoms. The molecule has 0 unspecified atom stereocenters. The largest absolute Gasteiger partial charge is 0.294 e. The van der Waals surface area contributed by atoms with Gasteiger partial charge in [-0.1, -0.05) is 18.2 Å². The molecule has 3 aromatic rings. The van der Waals surface area contributed by atoms with Crippen LogP contribution in [0.4, 0.5) is 0 Å². The summed E-state index contributed by atoms with van der Waals surface area (Å²) in [5.41, 5.74) is 2.69. The maximum absolute atomic E-state index is 12.3. The third-order valence-corrected chi connectivity index (χ3v) is 4.76. The van der Waals surface area contributed by atoms with Gasteiger partial charge in [-0.3, -0.25) is 9.48 Å². The van der Waals surface area contributed by atoms with E-state index in [0.29, 0.717) is 6.42 Å². The van der Waals surface area contributed by atoms with Crippen molar-refractivity contribution >= 4 is 44.0 Å². The van der Waals surface area contributed by atoms with Gasteiger partial charge in [0.1, 0.15) is 0 Å². The average molecular weight is 349 g/mol. The fourth-order valence-corrected chi connectivity index (χ4v) is 3.44. The summed E-state index contributed by atoms with van der Waals surface area (Å²) < 4.78 is 2.92. The summed E-state index contributed by atoms with van der Waals surface area (Å²) in [6, 6.07) is 9.92. The van der Waals surface area contributed by atoms with E-state index in [0.717, 1.165) is 32.5 Å². The number of rotatable bonds is 4. The van der Waals surface area contributed by atoms with Crippen LogP contribution in [0.5, 0.6) is 0 Å². The van der Waals surface area contributed by atoms with Gasteiger partial charge in [-0.25, -0.2) is 0 Å². The van der Waals surface area contributed by atoms with Gasteiger partial charge in [0, 0.05) is 22.9 Å². The van der Waals surface area contributed by atoms with Crippen LogP contribution in [0.15, 0.2) is 39.5 Å². The van der Waals surface area contributed by atoms with Crippen LogP contribution in [-0.2, 0) is 13.0 Å². The summed E-state index contributed by atoms with van der Waals surface area (Å²) >= 11 is 4.91. The first-order chi connectivity index (χ1) is 9.69. The Morgan fingerprint density at radius 3 is 2.90 bits per heavy atom. The Bertz CT molecular complexity index is 775. The van der Waals surface area contributed by atoms with Crippen LogP contribution in [-0.4, -0.2) is 15.6 Å². The van der Waals surface area contributed by atoms with Crippen molar-refractivity contribution in [3.05, 3.63) is 50.8 Å². The van der Waals surface area contributed by atoms with Gasteiger partial charge in [0.2, 0.25) is 0 Å². The lowest BCUT2D eigenvalue weighted by Crippen LogP contribution is -2.04. The van der Waals surface area contributed by atoms with Gasteiger partial charge in [-0.15, -0.1) is 11.3 Å². The minimum Gasteiger partial charge on any atom is -0.294 e. The van der Waals surface area contributed by atoms with E-state index in [9.17, 15) is 4.79 Å². The summed E-state index contributed by atoms with van der Waals surface area (Å²) in [4.78, 5) is 12.3. The number of aryl methyl sites for hydroxylation is 1. The van der Waals surface area contributed by atoms with Crippen LogP contribution >= 0.6 is 27.3 Å². The van der Waals surface area contributed by atoms with E-state index in [1.165, 1.54) is 11.3 Å².